The maximum atomic E-state index is 9.44. The van der Waals surface area contributed by atoms with Crippen molar-refractivity contribution in [2.75, 3.05) is 30.0 Å². The highest BCUT2D eigenvalue weighted by Crippen LogP contribution is 2.25. The highest BCUT2D eigenvalue weighted by atomic mass is 16.3. The predicted molar refractivity (Wildman–Crippen MR) is 80.3 cm³/mol. The zero-order valence-electron chi connectivity index (χ0n) is 12.1. The maximum absolute atomic E-state index is 9.44. The number of hydrogen-bond donors (Lipinski definition) is 1. The van der Waals surface area contributed by atoms with E-state index in [2.05, 4.69) is 19.8 Å². The summed E-state index contributed by atoms with van der Waals surface area (Å²) in [5.74, 6) is 1.75. The van der Waals surface area contributed by atoms with Gasteiger partial charge < -0.3 is 19.3 Å². The van der Waals surface area contributed by atoms with Crippen molar-refractivity contribution in [2.45, 2.75) is 25.4 Å². The molecule has 21 heavy (non-hydrogen) atoms. The smallest absolute Gasteiger partial charge is 0.134 e. The molecule has 2 aromatic heterocycles. The zero-order chi connectivity index (χ0) is 14.7. The summed E-state index contributed by atoms with van der Waals surface area (Å²) < 4.78 is 5.09. The molecule has 112 valence electrons. The van der Waals surface area contributed by atoms with Crippen molar-refractivity contribution in [3.63, 3.8) is 0 Å². The fourth-order valence-electron chi connectivity index (χ4n) is 2.77. The first-order valence-corrected chi connectivity index (χ1v) is 7.19. The van der Waals surface area contributed by atoms with Crippen LogP contribution in [0.25, 0.3) is 0 Å². The molecule has 1 unspecified atom stereocenters. The Balaban J connectivity index is 1.76. The lowest BCUT2D eigenvalue weighted by Gasteiger charge is -2.25. The second-order valence-corrected chi connectivity index (χ2v) is 5.39. The largest absolute Gasteiger partial charge is 0.472 e. The van der Waals surface area contributed by atoms with E-state index in [1.54, 1.807) is 18.9 Å². The second kappa shape index (κ2) is 6.13. The molecule has 1 aliphatic heterocycles. The van der Waals surface area contributed by atoms with Gasteiger partial charge in [0.1, 0.15) is 18.0 Å². The molecule has 0 aromatic carbocycles. The summed E-state index contributed by atoms with van der Waals surface area (Å²) in [6.07, 6.45) is 7.10. The minimum Gasteiger partial charge on any atom is -0.472 e. The molecular weight excluding hydrogens is 268 g/mol. The molecule has 1 saturated heterocycles. The van der Waals surface area contributed by atoms with Crippen molar-refractivity contribution in [2.24, 2.45) is 0 Å². The Labute approximate surface area is 124 Å². The molecule has 2 aromatic rings. The zero-order valence-corrected chi connectivity index (χ0v) is 12.1. The molecule has 1 aliphatic rings. The molecule has 3 rings (SSSR count). The van der Waals surface area contributed by atoms with E-state index >= 15 is 0 Å². The van der Waals surface area contributed by atoms with E-state index in [0.29, 0.717) is 0 Å². The van der Waals surface area contributed by atoms with E-state index in [1.807, 2.05) is 19.2 Å². The van der Waals surface area contributed by atoms with Crippen LogP contribution in [0.5, 0.6) is 0 Å². The number of anilines is 2. The monoisotopic (exact) mass is 288 g/mol. The van der Waals surface area contributed by atoms with E-state index in [9.17, 15) is 5.11 Å². The van der Waals surface area contributed by atoms with E-state index in [-0.39, 0.29) is 12.6 Å². The van der Waals surface area contributed by atoms with E-state index < -0.39 is 0 Å². The Morgan fingerprint density at radius 2 is 2.38 bits per heavy atom. The number of hydrogen-bond acceptors (Lipinski definition) is 6. The summed E-state index contributed by atoms with van der Waals surface area (Å²) in [4.78, 5) is 12.9. The SMILES string of the molecule is CN(Cc1ccoc1)c1cc(N2CCCC2CO)ncn1. The van der Waals surface area contributed by atoms with Gasteiger partial charge in [-0.05, 0) is 18.9 Å². The van der Waals surface area contributed by atoms with E-state index in [0.717, 1.165) is 43.1 Å². The van der Waals surface area contributed by atoms with Crippen molar-refractivity contribution in [1.29, 1.82) is 0 Å². The van der Waals surface area contributed by atoms with Crippen LogP contribution >= 0.6 is 0 Å². The summed E-state index contributed by atoms with van der Waals surface area (Å²) in [6, 6.07) is 4.10. The van der Waals surface area contributed by atoms with Gasteiger partial charge in [0, 0.05) is 31.8 Å². The molecule has 6 nitrogen and oxygen atoms in total. The standard InChI is InChI=1S/C15H20N4O2/c1-18(8-12-4-6-21-10-12)14-7-15(17-11-16-14)19-5-2-3-13(19)9-20/h4,6-7,10-11,13,20H,2-3,5,8-9H2,1H3. The van der Waals surface area contributed by atoms with Crippen LogP contribution in [0, 0.1) is 0 Å². The highest BCUT2D eigenvalue weighted by Gasteiger charge is 2.25. The van der Waals surface area contributed by atoms with Crippen LogP contribution in [-0.4, -0.2) is 41.3 Å². The molecule has 1 fully saturated rings. The average Bonchev–Trinajstić information content (AvgIpc) is 3.18. The lowest BCUT2D eigenvalue weighted by molar-refractivity contribution is 0.266. The number of aromatic nitrogens is 2. The second-order valence-electron chi connectivity index (χ2n) is 5.39. The summed E-state index contributed by atoms with van der Waals surface area (Å²) in [5, 5.41) is 9.44. The third-order valence-corrected chi connectivity index (χ3v) is 3.91. The fourth-order valence-corrected chi connectivity index (χ4v) is 2.77. The number of aliphatic hydroxyl groups excluding tert-OH is 1. The lowest BCUT2D eigenvalue weighted by atomic mass is 10.2. The van der Waals surface area contributed by atoms with Crippen molar-refractivity contribution in [1.82, 2.24) is 9.97 Å². The summed E-state index contributed by atoms with van der Waals surface area (Å²) in [7, 11) is 1.99. The molecule has 0 bridgehead atoms. The Morgan fingerprint density at radius 1 is 1.48 bits per heavy atom. The maximum Gasteiger partial charge on any atom is 0.134 e. The van der Waals surface area contributed by atoms with Crippen LogP contribution in [0.4, 0.5) is 11.6 Å². The van der Waals surface area contributed by atoms with Crippen LogP contribution in [0.1, 0.15) is 18.4 Å². The van der Waals surface area contributed by atoms with E-state index in [4.69, 9.17) is 4.42 Å². The molecule has 0 saturated carbocycles. The van der Waals surface area contributed by atoms with Gasteiger partial charge in [-0.25, -0.2) is 9.97 Å². The van der Waals surface area contributed by atoms with Gasteiger partial charge in [-0.1, -0.05) is 0 Å². The third kappa shape index (κ3) is 3.00. The van der Waals surface area contributed by atoms with Crippen molar-refractivity contribution in [3.05, 3.63) is 36.5 Å². The number of rotatable bonds is 5. The molecule has 0 spiro atoms. The van der Waals surface area contributed by atoms with Crippen LogP contribution in [0.2, 0.25) is 0 Å². The third-order valence-electron chi connectivity index (χ3n) is 3.91. The van der Waals surface area contributed by atoms with Crippen molar-refractivity contribution in [3.8, 4) is 0 Å². The van der Waals surface area contributed by atoms with Gasteiger partial charge in [-0.3, -0.25) is 0 Å². The highest BCUT2D eigenvalue weighted by molar-refractivity contribution is 5.51. The predicted octanol–water partition coefficient (Wildman–Crippen LogP) is 1.67. The number of furan rings is 1. The van der Waals surface area contributed by atoms with Crippen LogP contribution in [-0.2, 0) is 6.54 Å². The van der Waals surface area contributed by atoms with Crippen LogP contribution in [0.15, 0.2) is 35.4 Å². The molecule has 0 aliphatic carbocycles. The lowest BCUT2D eigenvalue weighted by Crippen LogP contribution is -2.33. The molecule has 1 atom stereocenters. The minimum atomic E-state index is 0.171. The Kier molecular flexibility index (Phi) is 4.06. The van der Waals surface area contributed by atoms with E-state index in [1.165, 1.54) is 0 Å². The first-order chi connectivity index (χ1) is 10.3. The van der Waals surface area contributed by atoms with Gasteiger partial charge in [0.05, 0.1) is 25.2 Å². The van der Waals surface area contributed by atoms with Gasteiger partial charge in [-0.2, -0.15) is 0 Å². The Morgan fingerprint density at radius 3 is 3.14 bits per heavy atom. The van der Waals surface area contributed by atoms with Crippen molar-refractivity contribution >= 4 is 11.6 Å². The molecule has 3 heterocycles. The summed E-state index contributed by atoms with van der Waals surface area (Å²) in [6.45, 7) is 1.84. The molecular formula is C15H20N4O2. The minimum absolute atomic E-state index is 0.171. The summed E-state index contributed by atoms with van der Waals surface area (Å²) >= 11 is 0. The Bertz CT molecular complexity index is 573. The van der Waals surface area contributed by atoms with Crippen LogP contribution < -0.4 is 9.80 Å². The van der Waals surface area contributed by atoms with Gasteiger partial charge >= 0.3 is 0 Å². The first-order valence-electron chi connectivity index (χ1n) is 7.19. The molecule has 0 radical (unpaired) electrons. The number of nitrogens with zero attached hydrogens (tertiary/aromatic N) is 4. The molecule has 1 N–H and O–H groups in total. The first kappa shape index (κ1) is 13.9. The molecule has 0 amide bonds. The van der Waals surface area contributed by atoms with Gasteiger partial charge in [-0.15, -0.1) is 0 Å². The average molecular weight is 288 g/mol. The van der Waals surface area contributed by atoms with Gasteiger partial charge in [0.15, 0.2) is 0 Å². The quantitative estimate of drug-likeness (QED) is 0.903. The Hall–Kier alpha value is -2.08. The number of aliphatic hydroxyl groups is 1. The molecule has 6 heteroatoms. The van der Waals surface area contributed by atoms with Gasteiger partial charge in [0.25, 0.3) is 0 Å². The van der Waals surface area contributed by atoms with Crippen LogP contribution in [0.3, 0.4) is 0 Å². The summed E-state index contributed by atoms with van der Waals surface area (Å²) in [5.41, 5.74) is 1.10. The normalized spacial score (nSPS) is 18.2. The van der Waals surface area contributed by atoms with Gasteiger partial charge in [0.2, 0.25) is 0 Å². The van der Waals surface area contributed by atoms with Crippen molar-refractivity contribution < 1.29 is 9.52 Å². The topological polar surface area (TPSA) is 65.6 Å². The fraction of sp³-hybridized carbons (Fsp3) is 0.467.